The molecular formula is C20H30F3N3O3S. The number of carbonyl (C=O) groups is 1. The first-order valence-electron chi connectivity index (χ1n) is 9.98. The topological polar surface area (TPSA) is 78.5 Å². The van der Waals surface area contributed by atoms with E-state index >= 15 is 0 Å². The summed E-state index contributed by atoms with van der Waals surface area (Å²) in [4.78, 5) is 13.4. The molecule has 0 radical (unpaired) electrons. The first kappa shape index (κ1) is 24.5. The molecule has 1 saturated carbocycles. The molecule has 30 heavy (non-hydrogen) atoms. The summed E-state index contributed by atoms with van der Waals surface area (Å²) >= 11 is 0. The normalized spacial score (nSPS) is 20.3. The predicted octanol–water partition coefficient (Wildman–Crippen LogP) is 3.71. The van der Waals surface area contributed by atoms with Crippen LogP contribution in [-0.2, 0) is 16.2 Å². The fourth-order valence-electron chi connectivity index (χ4n) is 3.39. The summed E-state index contributed by atoms with van der Waals surface area (Å²) in [6.07, 6.45) is -1.65. The fourth-order valence-corrected chi connectivity index (χ4v) is 4.36. The van der Waals surface area contributed by atoms with E-state index in [4.69, 9.17) is 0 Å². The van der Waals surface area contributed by atoms with Crippen molar-refractivity contribution < 1.29 is 26.4 Å². The average Bonchev–Trinajstić information content (AvgIpc) is 2.65. The Bertz CT molecular complexity index is 847. The summed E-state index contributed by atoms with van der Waals surface area (Å²) in [5, 5.41) is 2.54. The molecule has 10 heteroatoms. The van der Waals surface area contributed by atoms with Crippen LogP contribution in [0.2, 0.25) is 0 Å². The monoisotopic (exact) mass is 449 g/mol. The summed E-state index contributed by atoms with van der Waals surface area (Å²) in [6.45, 7) is 3.71. The summed E-state index contributed by atoms with van der Waals surface area (Å²) in [6, 6.07) is 3.19. The van der Waals surface area contributed by atoms with Crippen molar-refractivity contribution in [2.24, 2.45) is 5.92 Å². The summed E-state index contributed by atoms with van der Waals surface area (Å²) in [5.41, 5.74) is -0.647. The van der Waals surface area contributed by atoms with Crippen molar-refractivity contribution in [1.82, 2.24) is 9.62 Å². The minimum atomic E-state index is -4.55. The van der Waals surface area contributed by atoms with Gasteiger partial charge in [0.2, 0.25) is 10.0 Å². The van der Waals surface area contributed by atoms with Gasteiger partial charge in [0, 0.05) is 37.9 Å². The maximum Gasteiger partial charge on any atom is 0.416 e. The third-order valence-corrected chi connectivity index (χ3v) is 7.21. The van der Waals surface area contributed by atoms with Gasteiger partial charge in [-0.05, 0) is 63.6 Å². The number of benzene rings is 1. The van der Waals surface area contributed by atoms with Gasteiger partial charge in [-0.25, -0.2) is 13.1 Å². The molecule has 6 nitrogen and oxygen atoms in total. The maximum absolute atomic E-state index is 13.2. The molecule has 1 aromatic rings. The Morgan fingerprint density at radius 2 is 1.73 bits per heavy atom. The number of sulfonamides is 1. The number of amides is 1. The number of alkyl halides is 3. The van der Waals surface area contributed by atoms with E-state index in [9.17, 15) is 26.4 Å². The highest BCUT2D eigenvalue weighted by molar-refractivity contribution is 7.90. The highest BCUT2D eigenvalue weighted by atomic mass is 32.2. The molecule has 1 aliphatic rings. The minimum Gasteiger partial charge on any atom is -0.385 e. The molecule has 0 spiro atoms. The van der Waals surface area contributed by atoms with Crippen molar-refractivity contribution in [1.29, 1.82) is 0 Å². The summed E-state index contributed by atoms with van der Waals surface area (Å²) in [5.74, 6) is -0.283. The number of anilines is 1. The van der Waals surface area contributed by atoms with Crippen molar-refractivity contribution in [3.8, 4) is 0 Å². The molecule has 0 aromatic heterocycles. The van der Waals surface area contributed by atoms with Gasteiger partial charge in [0.05, 0.1) is 10.8 Å². The van der Waals surface area contributed by atoms with E-state index < -0.39 is 32.9 Å². The number of carbonyl (C=O) groups excluding carboxylic acids is 1. The highest BCUT2D eigenvalue weighted by Gasteiger charge is 2.32. The largest absolute Gasteiger partial charge is 0.416 e. The SMILES string of the molecule is CC(C)S(=O)(=O)N[C@H]1CC[C@H](CNc2cc(C(=O)N(C)C)cc(C(F)(F)F)c2)CC1. The van der Waals surface area contributed by atoms with Gasteiger partial charge in [-0.2, -0.15) is 13.2 Å². The third kappa shape index (κ3) is 6.60. The molecule has 0 saturated heterocycles. The molecular weight excluding hydrogens is 419 g/mol. The number of halogens is 3. The van der Waals surface area contributed by atoms with Crippen molar-refractivity contribution in [3.05, 3.63) is 29.3 Å². The average molecular weight is 450 g/mol. The van der Waals surface area contributed by atoms with E-state index in [2.05, 4.69) is 10.0 Å². The van der Waals surface area contributed by atoms with Crippen LogP contribution in [0.3, 0.4) is 0 Å². The van der Waals surface area contributed by atoms with Crippen molar-refractivity contribution in [2.45, 2.75) is 57.0 Å². The van der Waals surface area contributed by atoms with Crippen LogP contribution in [0.15, 0.2) is 18.2 Å². The number of nitrogens with one attached hydrogen (secondary N) is 2. The molecule has 0 unspecified atom stereocenters. The quantitative estimate of drug-likeness (QED) is 0.665. The second-order valence-corrected chi connectivity index (χ2v) is 10.6. The van der Waals surface area contributed by atoms with Crippen molar-refractivity contribution in [2.75, 3.05) is 26.0 Å². The zero-order valence-corrected chi connectivity index (χ0v) is 18.5. The Hall–Kier alpha value is -1.81. The summed E-state index contributed by atoms with van der Waals surface area (Å²) < 4.78 is 66.4. The number of hydrogen-bond donors (Lipinski definition) is 2. The van der Waals surface area contributed by atoms with E-state index in [-0.39, 0.29) is 23.2 Å². The zero-order valence-electron chi connectivity index (χ0n) is 17.7. The molecule has 1 aromatic carbocycles. The van der Waals surface area contributed by atoms with Gasteiger partial charge in [-0.15, -0.1) is 0 Å². The van der Waals surface area contributed by atoms with Gasteiger partial charge >= 0.3 is 6.18 Å². The Labute approximate surface area is 176 Å². The lowest BCUT2D eigenvalue weighted by Crippen LogP contribution is -2.41. The molecule has 2 N–H and O–H groups in total. The Balaban J connectivity index is 2.01. The van der Waals surface area contributed by atoms with Gasteiger partial charge in [-0.1, -0.05) is 0 Å². The lowest BCUT2D eigenvalue weighted by Gasteiger charge is -2.30. The Kier molecular flexibility index (Phi) is 7.79. The highest BCUT2D eigenvalue weighted by Crippen LogP contribution is 2.33. The van der Waals surface area contributed by atoms with Gasteiger partial charge in [-0.3, -0.25) is 4.79 Å². The van der Waals surface area contributed by atoms with E-state index in [1.165, 1.54) is 25.1 Å². The van der Waals surface area contributed by atoms with Crippen LogP contribution in [0.4, 0.5) is 18.9 Å². The second kappa shape index (κ2) is 9.55. The van der Waals surface area contributed by atoms with Gasteiger partial charge in [0.25, 0.3) is 5.91 Å². The zero-order chi connectivity index (χ0) is 22.7. The molecule has 2 rings (SSSR count). The Morgan fingerprint density at radius 1 is 1.13 bits per heavy atom. The number of rotatable bonds is 7. The van der Waals surface area contributed by atoms with Crippen LogP contribution in [0.5, 0.6) is 0 Å². The van der Waals surface area contributed by atoms with Gasteiger partial charge in [0.1, 0.15) is 0 Å². The third-order valence-electron chi connectivity index (χ3n) is 5.31. The van der Waals surface area contributed by atoms with Crippen LogP contribution in [-0.4, -0.2) is 51.2 Å². The van der Waals surface area contributed by atoms with E-state index in [1.807, 2.05) is 0 Å². The van der Waals surface area contributed by atoms with E-state index in [0.29, 0.717) is 19.4 Å². The lowest BCUT2D eigenvalue weighted by atomic mass is 9.86. The van der Waals surface area contributed by atoms with Crippen LogP contribution in [0.25, 0.3) is 0 Å². The lowest BCUT2D eigenvalue weighted by molar-refractivity contribution is -0.137. The first-order chi connectivity index (χ1) is 13.8. The fraction of sp³-hybridized carbons (Fsp3) is 0.650. The van der Waals surface area contributed by atoms with Crippen LogP contribution >= 0.6 is 0 Å². The summed E-state index contributed by atoms with van der Waals surface area (Å²) in [7, 11) is -0.342. The van der Waals surface area contributed by atoms with Gasteiger partial charge < -0.3 is 10.2 Å². The molecule has 1 aliphatic carbocycles. The Morgan fingerprint density at radius 3 is 2.23 bits per heavy atom. The predicted molar refractivity (Wildman–Crippen MR) is 111 cm³/mol. The standard InChI is InChI=1S/C20H30F3N3O3S/c1-13(2)30(28,29)25-17-7-5-14(6-8-17)12-24-18-10-15(19(27)26(3)4)9-16(11-18)20(21,22)23/h9-11,13-14,17,24-25H,5-8,12H2,1-4H3/t14-,17-. The van der Waals surface area contributed by atoms with Crippen LogP contribution in [0.1, 0.15) is 55.5 Å². The molecule has 0 heterocycles. The van der Waals surface area contributed by atoms with E-state index in [1.54, 1.807) is 13.8 Å². The minimum absolute atomic E-state index is 0.0240. The molecule has 1 fully saturated rings. The molecule has 1 amide bonds. The maximum atomic E-state index is 13.2. The number of nitrogens with zero attached hydrogens (tertiary/aromatic N) is 1. The first-order valence-corrected chi connectivity index (χ1v) is 11.5. The van der Waals surface area contributed by atoms with Crippen molar-refractivity contribution in [3.63, 3.8) is 0 Å². The van der Waals surface area contributed by atoms with Crippen LogP contribution in [0, 0.1) is 5.92 Å². The smallest absolute Gasteiger partial charge is 0.385 e. The van der Waals surface area contributed by atoms with E-state index in [0.717, 1.165) is 25.0 Å². The molecule has 170 valence electrons. The molecule has 0 aliphatic heterocycles. The van der Waals surface area contributed by atoms with Gasteiger partial charge in [0.15, 0.2) is 0 Å². The molecule has 0 bridgehead atoms. The molecule has 0 atom stereocenters. The van der Waals surface area contributed by atoms with Crippen LogP contribution < -0.4 is 10.0 Å². The van der Waals surface area contributed by atoms with Crippen molar-refractivity contribution >= 4 is 21.6 Å². The second-order valence-electron chi connectivity index (χ2n) is 8.31. The number of hydrogen-bond acceptors (Lipinski definition) is 4.